The third-order valence-corrected chi connectivity index (χ3v) is 3.80. The maximum absolute atomic E-state index is 12.8. The number of carbonyl (C=O) groups excluding carboxylic acids is 1. The molecule has 0 fully saturated rings. The standard InChI is InChI=1S/C16H15BrFNO2/c1-10-8-15(11(2)7-14(10)17)21-9-16(20)19-13-5-3-12(18)4-6-13/h3-8H,9H2,1-2H3,(H,19,20). The van der Waals surface area contributed by atoms with E-state index in [-0.39, 0.29) is 18.3 Å². The van der Waals surface area contributed by atoms with Gasteiger partial charge in [-0.05, 0) is 61.4 Å². The zero-order valence-corrected chi connectivity index (χ0v) is 13.3. The van der Waals surface area contributed by atoms with Crippen molar-refractivity contribution in [2.24, 2.45) is 0 Å². The fourth-order valence-electron chi connectivity index (χ4n) is 1.78. The lowest BCUT2D eigenvalue weighted by Crippen LogP contribution is -2.20. The second-order valence-corrected chi connectivity index (χ2v) is 5.56. The topological polar surface area (TPSA) is 38.3 Å². The molecule has 0 bridgehead atoms. The van der Waals surface area contributed by atoms with Gasteiger partial charge in [0.25, 0.3) is 5.91 Å². The molecule has 0 aromatic heterocycles. The average molecular weight is 352 g/mol. The fourth-order valence-corrected chi connectivity index (χ4v) is 2.24. The first-order valence-electron chi connectivity index (χ1n) is 6.40. The summed E-state index contributed by atoms with van der Waals surface area (Å²) in [5, 5.41) is 2.64. The monoisotopic (exact) mass is 351 g/mol. The van der Waals surface area contributed by atoms with Crippen LogP contribution in [0.25, 0.3) is 0 Å². The number of hydrogen-bond acceptors (Lipinski definition) is 2. The number of rotatable bonds is 4. The van der Waals surface area contributed by atoms with Gasteiger partial charge in [0.05, 0.1) is 0 Å². The number of halogens is 2. The minimum absolute atomic E-state index is 0.0979. The summed E-state index contributed by atoms with van der Waals surface area (Å²) >= 11 is 3.44. The molecule has 2 rings (SSSR count). The third kappa shape index (κ3) is 4.29. The van der Waals surface area contributed by atoms with E-state index in [2.05, 4.69) is 21.2 Å². The summed E-state index contributed by atoms with van der Waals surface area (Å²) in [5.41, 5.74) is 2.52. The number of hydrogen-bond donors (Lipinski definition) is 1. The van der Waals surface area contributed by atoms with E-state index in [1.165, 1.54) is 24.3 Å². The number of carbonyl (C=O) groups is 1. The molecule has 0 saturated carbocycles. The highest BCUT2D eigenvalue weighted by atomic mass is 79.9. The van der Waals surface area contributed by atoms with Crippen LogP contribution in [-0.2, 0) is 4.79 Å². The van der Waals surface area contributed by atoms with Crippen molar-refractivity contribution in [3.8, 4) is 5.75 Å². The minimum Gasteiger partial charge on any atom is -0.483 e. The second kappa shape index (κ2) is 6.72. The number of amides is 1. The van der Waals surface area contributed by atoms with Crippen LogP contribution in [0, 0.1) is 19.7 Å². The smallest absolute Gasteiger partial charge is 0.262 e. The molecule has 0 unspecified atom stereocenters. The zero-order chi connectivity index (χ0) is 15.4. The van der Waals surface area contributed by atoms with Crippen molar-refractivity contribution < 1.29 is 13.9 Å². The van der Waals surface area contributed by atoms with Gasteiger partial charge >= 0.3 is 0 Å². The van der Waals surface area contributed by atoms with Gasteiger partial charge in [-0.25, -0.2) is 4.39 Å². The first kappa shape index (κ1) is 15.5. The molecule has 110 valence electrons. The van der Waals surface area contributed by atoms with Gasteiger partial charge in [-0.2, -0.15) is 0 Å². The lowest BCUT2D eigenvalue weighted by molar-refractivity contribution is -0.118. The van der Waals surface area contributed by atoms with Crippen molar-refractivity contribution in [3.05, 3.63) is 57.8 Å². The number of anilines is 1. The van der Waals surface area contributed by atoms with E-state index >= 15 is 0 Å². The SMILES string of the molecule is Cc1cc(OCC(=O)Nc2ccc(F)cc2)c(C)cc1Br. The highest BCUT2D eigenvalue weighted by molar-refractivity contribution is 9.10. The van der Waals surface area contributed by atoms with Gasteiger partial charge < -0.3 is 10.1 Å². The van der Waals surface area contributed by atoms with Gasteiger partial charge in [0.15, 0.2) is 6.61 Å². The zero-order valence-electron chi connectivity index (χ0n) is 11.7. The maximum atomic E-state index is 12.8. The molecule has 1 amide bonds. The lowest BCUT2D eigenvalue weighted by atomic mass is 10.1. The van der Waals surface area contributed by atoms with Crippen LogP contribution in [0.5, 0.6) is 5.75 Å². The van der Waals surface area contributed by atoms with Crippen LogP contribution >= 0.6 is 15.9 Å². The Kier molecular flexibility index (Phi) is 4.96. The third-order valence-electron chi connectivity index (χ3n) is 2.94. The Morgan fingerprint density at radius 1 is 1.19 bits per heavy atom. The first-order chi connectivity index (χ1) is 9.95. The lowest BCUT2D eigenvalue weighted by Gasteiger charge is -2.11. The summed E-state index contributed by atoms with van der Waals surface area (Å²) in [4.78, 5) is 11.8. The molecule has 0 saturated heterocycles. The van der Waals surface area contributed by atoms with Crippen molar-refractivity contribution in [2.75, 3.05) is 11.9 Å². The summed E-state index contributed by atoms with van der Waals surface area (Å²) in [6.07, 6.45) is 0. The summed E-state index contributed by atoms with van der Waals surface area (Å²) in [7, 11) is 0. The van der Waals surface area contributed by atoms with Gasteiger partial charge in [0, 0.05) is 10.2 Å². The summed E-state index contributed by atoms with van der Waals surface area (Å²) in [6, 6.07) is 9.41. The Labute approximate surface area is 131 Å². The predicted molar refractivity (Wildman–Crippen MR) is 84.1 cm³/mol. The van der Waals surface area contributed by atoms with E-state index in [0.29, 0.717) is 11.4 Å². The van der Waals surface area contributed by atoms with E-state index in [4.69, 9.17) is 4.74 Å². The van der Waals surface area contributed by atoms with Gasteiger partial charge in [-0.1, -0.05) is 15.9 Å². The molecule has 0 spiro atoms. The van der Waals surface area contributed by atoms with Crippen LogP contribution in [0.15, 0.2) is 40.9 Å². The van der Waals surface area contributed by atoms with E-state index < -0.39 is 0 Å². The maximum Gasteiger partial charge on any atom is 0.262 e. The molecule has 21 heavy (non-hydrogen) atoms. The molecule has 0 aliphatic carbocycles. The molecule has 0 radical (unpaired) electrons. The Hall–Kier alpha value is -1.88. The fraction of sp³-hybridized carbons (Fsp3) is 0.188. The number of ether oxygens (including phenoxy) is 1. The van der Waals surface area contributed by atoms with Crippen LogP contribution in [0.3, 0.4) is 0 Å². The second-order valence-electron chi connectivity index (χ2n) is 4.71. The van der Waals surface area contributed by atoms with Crippen molar-refractivity contribution >= 4 is 27.5 Å². The molecule has 5 heteroatoms. The summed E-state index contributed by atoms with van der Waals surface area (Å²) in [5.74, 6) is 0.0387. The Balaban J connectivity index is 1.95. The summed E-state index contributed by atoms with van der Waals surface area (Å²) in [6.45, 7) is 3.77. The number of aryl methyl sites for hydroxylation is 2. The van der Waals surface area contributed by atoms with Crippen molar-refractivity contribution in [1.29, 1.82) is 0 Å². The highest BCUT2D eigenvalue weighted by Crippen LogP contribution is 2.26. The average Bonchev–Trinajstić information content (AvgIpc) is 2.44. The van der Waals surface area contributed by atoms with E-state index in [1.807, 2.05) is 26.0 Å². The highest BCUT2D eigenvalue weighted by Gasteiger charge is 2.07. The van der Waals surface area contributed by atoms with Gasteiger partial charge in [-0.3, -0.25) is 4.79 Å². The number of benzene rings is 2. The van der Waals surface area contributed by atoms with Crippen LogP contribution < -0.4 is 10.1 Å². The predicted octanol–water partition coefficient (Wildman–Crippen LogP) is 4.22. The van der Waals surface area contributed by atoms with Gasteiger partial charge in [0.2, 0.25) is 0 Å². The van der Waals surface area contributed by atoms with Crippen LogP contribution in [0.2, 0.25) is 0 Å². The molecule has 2 aromatic rings. The van der Waals surface area contributed by atoms with Crippen LogP contribution in [0.1, 0.15) is 11.1 Å². The number of nitrogens with one attached hydrogen (secondary N) is 1. The van der Waals surface area contributed by atoms with Crippen LogP contribution in [-0.4, -0.2) is 12.5 Å². The Morgan fingerprint density at radius 2 is 1.86 bits per heavy atom. The molecule has 0 heterocycles. The van der Waals surface area contributed by atoms with Gasteiger partial charge in [-0.15, -0.1) is 0 Å². The van der Waals surface area contributed by atoms with Crippen molar-refractivity contribution in [2.45, 2.75) is 13.8 Å². The molecule has 0 aliphatic rings. The van der Waals surface area contributed by atoms with E-state index in [0.717, 1.165) is 15.6 Å². The Morgan fingerprint density at radius 3 is 2.52 bits per heavy atom. The van der Waals surface area contributed by atoms with Crippen LogP contribution in [0.4, 0.5) is 10.1 Å². The van der Waals surface area contributed by atoms with Crippen molar-refractivity contribution in [3.63, 3.8) is 0 Å². The molecule has 2 aromatic carbocycles. The summed E-state index contributed by atoms with van der Waals surface area (Å²) < 4.78 is 19.3. The van der Waals surface area contributed by atoms with Crippen molar-refractivity contribution in [1.82, 2.24) is 0 Å². The molecule has 3 nitrogen and oxygen atoms in total. The van der Waals surface area contributed by atoms with E-state index in [1.54, 1.807) is 0 Å². The molecular weight excluding hydrogens is 337 g/mol. The minimum atomic E-state index is -0.342. The first-order valence-corrected chi connectivity index (χ1v) is 7.20. The van der Waals surface area contributed by atoms with E-state index in [9.17, 15) is 9.18 Å². The largest absolute Gasteiger partial charge is 0.483 e. The Bertz CT molecular complexity index is 656. The molecular formula is C16H15BrFNO2. The normalized spacial score (nSPS) is 10.3. The van der Waals surface area contributed by atoms with Gasteiger partial charge in [0.1, 0.15) is 11.6 Å². The quantitative estimate of drug-likeness (QED) is 0.895. The molecule has 1 N–H and O–H groups in total. The molecule has 0 atom stereocenters. The molecule has 0 aliphatic heterocycles.